The molecule has 0 saturated heterocycles. The van der Waals surface area contributed by atoms with Crippen LogP contribution in [0.3, 0.4) is 0 Å². The first-order valence-corrected chi connectivity index (χ1v) is 8.43. The summed E-state index contributed by atoms with van der Waals surface area (Å²) in [5.41, 5.74) is 0. The minimum atomic E-state index is 0. The van der Waals surface area contributed by atoms with Crippen LogP contribution in [0.25, 0.3) is 0 Å². The van der Waals surface area contributed by atoms with Crippen LogP contribution in [0.4, 0.5) is 0 Å². The molecule has 0 aromatic heterocycles. The van der Waals surface area contributed by atoms with Gasteiger partial charge in [-0.15, -0.1) is 24.0 Å². The summed E-state index contributed by atoms with van der Waals surface area (Å²) in [4.78, 5) is 6.91. The average molecular weight is 426 g/mol. The molecule has 0 heterocycles. The van der Waals surface area contributed by atoms with Crippen molar-refractivity contribution in [3.05, 3.63) is 0 Å². The molecule has 2 N–H and O–H groups in total. The summed E-state index contributed by atoms with van der Waals surface area (Å²) in [7, 11) is 2.15. The predicted molar refractivity (Wildman–Crippen MR) is 105 cm³/mol. The van der Waals surface area contributed by atoms with Crippen LogP contribution < -0.4 is 10.6 Å². The summed E-state index contributed by atoms with van der Waals surface area (Å²) in [5.74, 6) is 1.77. The summed E-state index contributed by atoms with van der Waals surface area (Å²) in [6.45, 7) is 11.9. The zero-order chi connectivity index (χ0) is 15.5. The molecule has 0 bridgehead atoms. The van der Waals surface area contributed by atoms with Gasteiger partial charge in [-0.2, -0.15) is 0 Å². The lowest BCUT2D eigenvalue weighted by atomic mass is 10.3. The summed E-state index contributed by atoms with van der Waals surface area (Å²) in [6.07, 6.45) is 3.71. The SMILES string of the molecule is CCNC(=NCCCOCC1CC1)NCCN(C)C(C)C.I. The molecule has 0 amide bonds. The minimum absolute atomic E-state index is 0. The van der Waals surface area contributed by atoms with Crippen LogP contribution in [0.15, 0.2) is 4.99 Å². The smallest absolute Gasteiger partial charge is 0.191 e. The lowest BCUT2D eigenvalue weighted by Gasteiger charge is -2.21. The first-order chi connectivity index (χ1) is 10.1. The number of nitrogens with one attached hydrogen (secondary N) is 2. The van der Waals surface area contributed by atoms with Gasteiger partial charge in [-0.25, -0.2) is 0 Å². The quantitative estimate of drug-likeness (QED) is 0.231. The standard InChI is InChI=1S/C16H34N4O.HI/c1-5-17-16(19-10-11-20(4)14(2)3)18-9-6-12-21-13-15-7-8-15;/h14-15H,5-13H2,1-4H3,(H2,17,18,19);1H. The first kappa shape index (κ1) is 21.9. The van der Waals surface area contributed by atoms with Crippen LogP contribution in [0.2, 0.25) is 0 Å². The van der Waals surface area contributed by atoms with Gasteiger partial charge in [-0.3, -0.25) is 4.99 Å². The van der Waals surface area contributed by atoms with E-state index in [1.165, 1.54) is 12.8 Å². The third-order valence-electron chi connectivity index (χ3n) is 3.75. The van der Waals surface area contributed by atoms with Gasteiger partial charge in [-0.1, -0.05) is 0 Å². The Morgan fingerprint density at radius 1 is 1.32 bits per heavy atom. The molecule has 0 unspecified atom stereocenters. The van der Waals surface area contributed by atoms with Crippen molar-refractivity contribution < 1.29 is 4.74 Å². The van der Waals surface area contributed by atoms with Crippen molar-refractivity contribution in [3.8, 4) is 0 Å². The highest BCUT2D eigenvalue weighted by Crippen LogP contribution is 2.28. The Hall–Kier alpha value is -0.0800. The van der Waals surface area contributed by atoms with Gasteiger partial charge in [0.25, 0.3) is 0 Å². The number of hydrogen-bond donors (Lipinski definition) is 2. The van der Waals surface area contributed by atoms with Gasteiger partial charge in [0, 0.05) is 45.4 Å². The molecule has 0 aliphatic heterocycles. The second-order valence-corrected chi connectivity index (χ2v) is 6.13. The van der Waals surface area contributed by atoms with Crippen molar-refractivity contribution in [1.82, 2.24) is 15.5 Å². The monoisotopic (exact) mass is 426 g/mol. The van der Waals surface area contributed by atoms with E-state index in [1.807, 2.05) is 0 Å². The van der Waals surface area contributed by atoms with E-state index in [9.17, 15) is 0 Å². The van der Waals surface area contributed by atoms with Gasteiger partial charge in [0.1, 0.15) is 0 Å². The highest BCUT2D eigenvalue weighted by atomic mass is 127. The molecule has 1 rings (SSSR count). The third kappa shape index (κ3) is 11.5. The number of halogens is 1. The van der Waals surface area contributed by atoms with Gasteiger partial charge in [-0.05, 0) is 53.0 Å². The Labute approximate surface area is 153 Å². The topological polar surface area (TPSA) is 48.9 Å². The van der Waals surface area contributed by atoms with Crippen LogP contribution >= 0.6 is 24.0 Å². The molecule has 5 nitrogen and oxygen atoms in total. The largest absolute Gasteiger partial charge is 0.381 e. The van der Waals surface area contributed by atoms with Crippen LogP contribution in [-0.2, 0) is 4.74 Å². The maximum absolute atomic E-state index is 5.62. The van der Waals surface area contributed by atoms with Crippen LogP contribution in [0.1, 0.15) is 40.0 Å². The van der Waals surface area contributed by atoms with E-state index in [4.69, 9.17) is 4.74 Å². The number of guanidine groups is 1. The second-order valence-electron chi connectivity index (χ2n) is 6.13. The van der Waals surface area contributed by atoms with Crippen molar-refractivity contribution in [2.45, 2.75) is 46.1 Å². The molecule has 0 radical (unpaired) electrons. The van der Waals surface area contributed by atoms with Crippen molar-refractivity contribution in [2.24, 2.45) is 10.9 Å². The number of nitrogens with zero attached hydrogens (tertiary/aromatic N) is 2. The Bertz CT molecular complexity index is 296. The average Bonchev–Trinajstić information content (AvgIpc) is 3.26. The zero-order valence-electron chi connectivity index (χ0n) is 14.7. The number of likely N-dealkylation sites (N-methyl/N-ethyl adjacent to an activating group) is 1. The van der Waals surface area contributed by atoms with Gasteiger partial charge >= 0.3 is 0 Å². The Kier molecular flexibility index (Phi) is 13.3. The maximum Gasteiger partial charge on any atom is 0.191 e. The molecule has 1 aliphatic rings. The van der Waals surface area contributed by atoms with Gasteiger partial charge in [0.2, 0.25) is 0 Å². The van der Waals surface area contributed by atoms with Gasteiger partial charge in [0.15, 0.2) is 5.96 Å². The molecular formula is C16H35IN4O. The highest BCUT2D eigenvalue weighted by molar-refractivity contribution is 14.0. The molecule has 6 heteroatoms. The summed E-state index contributed by atoms with van der Waals surface area (Å²) in [5, 5.41) is 6.67. The lowest BCUT2D eigenvalue weighted by molar-refractivity contribution is 0.123. The van der Waals surface area contributed by atoms with E-state index in [0.717, 1.165) is 57.7 Å². The Morgan fingerprint density at radius 2 is 2.05 bits per heavy atom. The fourth-order valence-corrected chi connectivity index (χ4v) is 1.84. The number of aliphatic imine (C=N–C) groups is 1. The molecule has 132 valence electrons. The Balaban J connectivity index is 0.00000441. The second kappa shape index (κ2) is 13.4. The van der Waals surface area contributed by atoms with Crippen LogP contribution in [0.5, 0.6) is 0 Å². The molecule has 1 saturated carbocycles. The molecule has 0 aromatic carbocycles. The van der Waals surface area contributed by atoms with Crippen molar-refractivity contribution in [3.63, 3.8) is 0 Å². The van der Waals surface area contributed by atoms with Gasteiger partial charge < -0.3 is 20.3 Å². The molecule has 0 atom stereocenters. The molecular weight excluding hydrogens is 391 g/mol. The van der Waals surface area contributed by atoms with Crippen LogP contribution in [-0.4, -0.2) is 63.3 Å². The van der Waals surface area contributed by atoms with Gasteiger partial charge in [0.05, 0.1) is 0 Å². The minimum Gasteiger partial charge on any atom is -0.381 e. The van der Waals surface area contributed by atoms with Crippen molar-refractivity contribution in [2.75, 3.05) is 46.4 Å². The number of ether oxygens (including phenoxy) is 1. The number of rotatable bonds is 11. The normalized spacial score (nSPS) is 15.1. The predicted octanol–water partition coefficient (Wildman–Crippen LogP) is 2.32. The molecule has 1 aliphatic carbocycles. The molecule has 1 fully saturated rings. The fraction of sp³-hybridized carbons (Fsp3) is 0.938. The number of hydrogen-bond acceptors (Lipinski definition) is 3. The Morgan fingerprint density at radius 3 is 2.64 bits per heavy atom. The van der Waals surface area contributed by atoms with E-state index >= 15 is 0 Å². The lowest BCUT2D eigenvalue weighted by Crippen LogP contribution is -2.42. The molecule has 0 aromatic rings. The summed E-state index contributed by atoms with van der Waals surface area (Å²) < 4.78 is 5.62. The maximum atomic E-state index is 5.62. The zero-order valence-corrected chi connectivity index (χ0v) is 17.1. The highest BCUT2D eigenvalue weighted by Gasteiger charge is 2.20. The summed E-state index contributed by atoms with van der Waals surface area (Å²) >= 11 is 0. The molecule has 0 spiro atoms. The third-order valence-corrected chi connectivity index (χ3v) is 3.75. The van der Waals surface area contributed by atoms with E-state index < -0.39 is 0 Å². The molecule has 22 heavy (non-hydrogen) atoms. The fourth-order valence-electron chi connectivity index (χ4n) is 1.84. The van der Waals surface area contributed by atoms with E-state index in [-0.39, 0.29) is 24.0 Å². The van der Waals surface area contributed by atoms with Crippen molar-refractivity contribution in [1.29, 1.82) is 0 Å². The summed E-state index contributed by atoms with van der Waals surface area (Å²) in [6, 6.07) is 0.579. The van der Waals surface area contributed by atoms with E-state index in [2.05, 4.69) is 48.3 Å². The first-order valence-electron chi connectivity index (χ1n) is 8.43. The van der Waals surface area contributed by atoms with Crippen molar-refractivity contribution >= 4 is 29.9 Å². The van der Waals surface area contributed by atoms with Crippen LogP contribution in [0, 0.1) is 5.92 Å². The van der Waals surface area contributed by atoms with E-state index in [1.54, 1.807) is 0 Å². The van der Waals surface area contributed by atoms with E-state index in [0.29, 0.717) is 6.04 Å².